The molecule has 1 aromatic carbocycles. The van der Waals surface area contributed by atoms with Crippen molar-refractivity contribution < 1.29 is 0 Å². The van der Waals surface area contributed by atoms with E-state index in [0.717, 1.165) is 11.8 Å². The molecule has 0 N–H and O–H groups in total. The van der Waals surface area contributed by atoms with Gasteiger partial charge in [-0.1, -0.05) is 43.7 Å². The van der Waals surface area contributed by atoms with Gasteiger partial charge in [-0.2, -0.15) is 0 Å². The highest BCUT2D eigenvalue weighted by Gasteiger charge is 2.35. The summed E-state index contributed by atoms with van der Waals surface area (Å²) in [6.07, 6.45) is 2.76. The highest BCUT2D eigenvalue weighted by Crippen LogP contribution is 2.49. The lowest BCUT2D eigenvalue weighted by molar-refractivity contribution is 0.766. The largest absolute Gasteiger partial charge is 0.0651 e. The van der Waals surface area contributed by atoms with Crippen molar-refractivity contribution in [3.8, 4) is 0 Å². The molecule has 2 atom stereocenters. The first kappa shape index (κ1) is 6.90. The Balaban J connectivity index is 2.09. The van der Waals surface area contributed by atoms with Crippen LogP contribution < -0.4 is 0 Å². The fourth-order valence-corrected chi connectivity index (χ4v) is 1.81. The van der Waals surface area contributed by atoms with Crippen LogP contribution in [0.3, 0.4) is 0 Å². The Bertz CT molecular complexity index is 225. The minimum atomic E-state index is 0.890. The lowest BCUT2D eigenvalue weighted by Crippen LogP contribution is -1.80. The van der Waals surface area contributed by atoms with Crippen LogP contribution in [0.1, 0.15) is 31.2 Å². The molecule has 1 aromatic rings. The standard InChI is InChI=1S/C11H14/c1-2-9-8-11(9)10-6-4-3-5-7-10/h3-7,9,11H,2,8H2,1H3/t9?,11-/m0/s1. The van der Waals surface area contributed by atoms with E-state index in [1.807, 2.05) is 0 Å². The van der Waals surface area contributed by atoms with Gasteiger partial charge in [0, 0.05) is 0 Å². The Hall–Kier alpha value is -0.780. The summed E-state index contributed by atoms with van der Waals surface area (Å²) in [5, 5.41) is 0. The molecule has 0 spiro atoms. The maximum atomic E-state index is 2.29. The number of rotatable bonds is 2. The van der Waals surface area contributed by atoms with Gasteiger partial charge in [0.15, 0.2) is 0 Å². The van der Waals surface area contributed by atoms with Crippen molar-refractivity contribution in [2.75, 3.05) is 0 Å². The van der Waals surface area contributed by atoms with Crippen molar-refractivity contribution in [2.24, 2.45) is 5.92 Å². The fraction of sp³-hybridized carbons (Fsp3) is 0.455. The van der Waals surface area contributed by atoms with Gasteiger partial charge in [-0.05, 0) is 23.8 Å². The molecular weight excluding hydrogens is 132 g/mol. The van der Waals surface area contributed by atoms with Crippen molar-refractivity contribution in [3.63, 3.8) is 0 Å². The molecule has 58 valence electrons. The second-order valence-electron chi connectivity index (χ2n) is 3.42. The van der Waals surface area contributed by atoms with E-state index in [9.17, 15) is 0 Å². The van der Waals surface area contributed by atoms with E-state index in [1.165, 1.54) is 12.8 Å². The van der Waals surface area contributed by atoms with Crippen LogP contribution in [0.4, 0.5) is 0 Å². The molecule has 0 aliphatic heterocycles. The predicted molar refractivity (Wildman–Crippen MR) is 47.6 cm³/mol. The quantitative estimate of drug-likeness (QED) is 0.601. The van der Waals surface area contributed by atoms with Gasteiger partial charge in [-0.3, -0.25) is 0 Å². The third-order valence-corrected chi connectivity index (χ3v) is 2.67. The third-order valence-electron chi connectivity index (χ3n) is 2.67. The SMILES string of the molecule is CCC1C[C@@H]1c1ccccc1. The Morgan fingerprint density at radius 1 is 1.27 bits per heavy atom. The molecule has 1 fully saturated rings. The molecule has 1 saturated carbocycles. The topological polar surface area (TPSA) is 0 Å². The van der Waals surface area contributed by atoms with Crippen molar-refractivity contribution in [2.45, 2.75) is 25.7 Å². The molecule has 1 aliphatic rings. The summed E-state index contributed by atoms with van der Waals surface area (Å²) in [6, 6.07) is 10.9. The molecular formula is C11H14. The van der Waals surface area contributed by atoms with Gasteiger partial charge in [-0.15, -0.1) is 0 Å². The monoisotopic (exact) mass is 146 g/mol. The third kappa shape index (κ3) is 1.30. The second kappa shape index (κ2) is 2.69. The Kier molecular flexibility index (Phi) is 1.69. The molecule has 0 saturated heterocycles. The van der Waals surface area contributed by atoms with Crippen molar-refractivity contribution in [1.29, 1.82) is 0 Å². The molecule has 0 heteroatoms. The molecule has 11 heavy (non-hydrogen) atoms. The zero-order valence-electron chi connectivity index (χ0n) is 6.96. The zero-order valence-corrected chi connectivity index (χ0v) is 6.96. The summed E-state index contributed by atoms with van der Waals surface area (Å²) in [6.45, 7) is 2.29. The molecule has 0 heterocycles. The van der Waals surface area contributed by atoms with Gasteiger partial charge in [0.25, 0.3) is 0 Å². The van der Waals surface area contributed by atoms with Crippen molar-refractivity contribution in [1.82, 2.24) is 0 Å². The van der Waals surface area contributed by atoms with E-state index >= 15 is 0 Å². The van der Waals surface area contributed by atoms with Gasteiger partial charge in [0.1, 0.15) is 0 Å². The molecule has 0 nitrogen and oxygen atoms in total. The number of benzene rings is 1. The predicted octanol–water partition coefficient (Wildman–Crippen LogP) is 3.20. The lowest BCUT2D eigenvalue weighted by atomic mass is 10.1. The van der Waals surface area contributed by atoms with Gasteiger partial charge < -0.3 is 0 Å². The summed E-state index contributed by atoms with van der Waals surface area (Å²) >= 11 is 0. The van der Waals surface area contributed by atoms with Gasteiger partial charge >= 0.3 is 0 Å². The minimum absolute atomic E-state index is 0.890. The molecule has 2 rings (SSSR count). The van der Waals surface area contributed by atoms with Gasteiger partial charge in [0.05, 0.1) is 0 Å². The smallest absolute Gasteiger partial charge is 0.0131 e. The van der Waals surface area contributed by atoms with Crippen LogP contribution >= 0.6 is 0 Å². The van der Waals surface area contributed by atoms with Crippen LogP contribution in [0.25, 0.3) is 0 Å². The lowest BCUT2D eigenvalue weighted by Gasteiger charge is -1.96. The van der Waals surface area contributed by atoms with Crippen molar-refractivity contribution in [3.05, 3.63) is 35.9 Å². The maximum absolute atomic E-state index is 2.29. The second-order valence-corrected chi connectivity index (χ2v) is 3.42. The molecule has 1 aliphatic carbocycles. The Labute approximate surface area is 68.3 Å². The highest BCUT2D eigenvalue weighted by atomic mass is 14.4. The minimum Gasteiger partial charge on any atom is -0.0651 e. The van der Waals surface area contributed by atoms with Crippen LogP contribution in [-0.2, 0) is 0 Å². The van der Waals surface area contributed by atoms with Crippen LogP contribution in [-0.4, -0.2) is 0 Å². The van der Waals surface area contributed by atoms with E-state index in [2.05, 4.69) is 37.3 Å². The fourth-order valence-electron chi connectivity index (χ4n) is 1.81. The molecule has 0 amide bonds. The summed E-state index contributed by atoms with van der Waals surface area (Å²) < 4.78 is 0. The van der Waals surface area contributed by atoms with Crippen LogP contribution in [0, 0.1) is 5.92 Å². The normalized spacial score (nSPS) is 28.5. The maximum Gasteiger partial charge on any atom is -0.0131 e. The molecule has 1 unspecified atom stereocenters. The van der Waals surface area contributed by atoms with Gasteiger partial charge in [0.2, 0.25) is 0 Å². The summed E-state index contributed by atoms with van der Waals surface area (Å²) in [4.78, 5) is 0. The van der Waals surface area contributed by atoms with Crippen LogP contribution in [0.5, 0.6) is 0 Å². The number of hydrogen-bond acceptors (Lipinski definition) is 0. The van der Waals surface area contributed by atoms with E-state index in [1.54, 1.807) is 5.56 Å². The average Bonchev–Trinajstić information content (AvgIpc) is 2.85. The average molecular weight is 146 g/mol. The first-order valence-electron chi connectivity index (χ1n) is 4.46. The molecule has 0 radical (unpaired) electrons. The zero-order chi connectivity index (χ0) is 7.68. The highest BCUT2D eigenvalue weighted by molar-refractivity contribution is 5.25. The molecule has 0 bridgehead atoms. The van der Waals surface area contributed by atoms with E-state index in [4.69, 9.17) is 0 Å². The summed E-state index contributed by atoms with van der Waals surface area (Å²) in [5.41, 5.74) is 1.54. The summed E-state index contributed by atoms with van der Waals surface area (Å²) in [5.74, 6) is 1.87. The van der Waals surface area contributed by atoms with E-state index in [-0.39, 0.29) is 0 Å². The Morgan fingerprint density at radius 2 is 2.00 bits per heavy atom. The van der Waals surface area contributed by atoms with Gasteiger partial charge in [-0.25, -0.2) is 0 Å². The summed E-state index contributed by atoms with van der Waals surface area (Å²) in [7, 11) is 0. The first-order valence-corrected chi connectivity index (χ1v) is 4.46. The Morgan fingerprint density at radius 3 is 2.55 bits per heavy atom. The first-order chi connectivity index (χ1) is 5.42. The van der Waals surface area contributed by atoms with E-state index in [0.29, 0.717) is 0 Å². The number of hydrogen-bond donors (Lipinski definition) is 0. The van der Waals surface area contributed by atoms with E-state index < -0.39 is 0 Å². The van der Waals surface area contributed by atoms with Crippen LogP contribution in [0.15, 0.2) is 30.3 Å². The van der Waals surface area contributed by atoms with Crippen molar-refractivity contribution >= 4 is 0 Å². The van der Waals surface area contributed by atoms with Crippen LogP contribution in [0.2, 0.25) is 0 Å². The molecule has 0 aromatic heterocycles.